The summed E-state index contributed by atoms with van der Waals surface area (Å²) in [6.07, 6.45) is 8.32. The summed E-state index contributed by atoms with van der Waals surface area (Å²) in [4.78, 5) is 48.0. The summed E-state index contributed by atoms with van der Waals surface area (Å²) in [7, 11) is 5.93. The number of H-pyrrole nitrogens is 4. The van der Waals surface area contributed by atoms with Gasteiger partial charge in [-0.1, -0.05) is 6.92 Å². The van der Waals surface area contributed by atoms with Gasteiger partial charge in [-0.15, -0.1) is 79.9 Å². The highest BCUT2D eigenvalue weighted by molar-refractivity contribution is 14.1. The summed E-state index contributed by atoms with van der Waals surface area (Å²) in [5.41, 5.74) is 2.30. The Morgan fingerprint density at radius 3 is 1.20 bits per heavy atom. The fraction of sp³-hybridized carbons (Fsp3) is 0.333. The fourth-order valence-corrected chi connectivity index (χ4v) is 7.73. The van der Waals surface area contributed by atoms with E-state index in [0.29, 0.717) is 49.6 Å². The van der Waals surface area contributed by atoms with E-state index in [1.165, 1.54) is 59.0 Å². The van der Waals surface area contributed by atoms with Crippen molar-refractivity contribution in [1.82, 2.24) is 182 Å². The number of halogens is 1. The Labute approximate surface area is 501 Å². The highest BCUT2D eigenvalue weighted by Gasteiger charge is 2.32. The van der Waals surface area contributed by atoms with Crippen LogP contribution in [0.25, 0.3) is 23.3 Å². The van der Waals surface area contributed by atoms with Gasteiger partial charge in [-0.25, -0.2) is 19.2 Å². The normalized spacial score (nSPS) is 12.3. The predicted molar refractivity (Wildman–Crippen MR) is 290 cm³/mol. The molecule has 448 valence electrons. The lowest BCUT2D eigenvalue weighted by Gasteiger charge is -2.10. The topological polar surface area (TPSA) is 517 Å². The Morgan fingerprint density at radius 2 is 0.816 bits per heavy atom. The van der Waals surface area contributed by atoms with E-state index in [1.807, 2.05) is 29.5 Å². The van der Waals surface area contributed by atoms with Gasteiger partial charge < -0.3 is 18.9 Å². The zero-order valence-corrected chi connectivity index (χ0v) is 48.0. The lowest BCUT2D eigenvalue weighted by atomic mass is 10.1. The number of ether oxygens (including phenoxy) is 4. The minimum absolute atomic E-state index is 0.0379. The molecule has 12 heterocycles. The summed E-state index contributed by atoms with van der Waals surface area (Å²) in [6, 6.07) is 6.20. The first-order valence-corrected chi connectivity index (χ1v) is 26.1. The van der Waals surface area contributed by atoms with E-state index in [1.54, 1.807) is 25.1 Å². The number of aromatic amines is 4. The number of nitrogens with one attached hydrogen (secondary N) is 4. The van der Waals surface area contributed by atoms with Crippen LogP contribution in [0.2, 0.25) is 5.65 Å². The average molecular weight is 1320 g/mol. The Bertz CT molecular complexity index is 4600. The predicted octanol–water partition coefficient (Wildman–Crippen LogP) is -3.83. The maximum atomic E-state index is 12.1. The van der Waals surface area contributed by atoms with Crippen molar-refractivity contribution in [3.63, 3.8) is 0 Å². The Balaban J connectivity index is 0.000000133. The van der Waals surface area contributed by atoms with Crippen LogP contribution in [0.5, 0.6) is 23.5 Å². The largest absolute Gasteiger partial charge is 0.472 e. The quantitative estimate of drug-likeness (QED) is 0.0598. The van der Waals surface area contributed by atoms with Gasteiger partial charge in [0.1, 0.15) is 30.1 Å². The summed E-state index contributed by atoms with van der Waals surface area (Å²) in [5, 5.41) is 94.2. The molecule has 0 unspecified atom stereocenters. The highest BCUT2D eigenvalue weighted by Crippen LogP contribution is 2.41. The molecule has 1 aliphatic carbocycles. The number of hydrogen-bond acceptors (Lipinski definition) is 32. The molecule has 0 amide bonds. The van der Waals surface area contributed by atoms with E-state index in [0.717, 1.165) is 76.4 Å². The second kappa shape index (κ2) is 26.7. The number of hydrogen-bond donors (Lipinski definition) is 4. The van der Waals surface area contributed by atoms with E-state index >= 15 is 0 Å². The van der Waals surface area contributed by atoms with Crippen molar-refractivity contribution >= 4 is 22.6 Å². The molecule has 0 radical (unpaired) electrons. The molecule has 0 atom stereocenters. The molecular weight excluding hydrogens is 1260 g/mol. The van der Waals surface area contributed by atoms with Crippen LogP contribution in [-0.4, -0.2) is 182 Å². The number of rotatable bonds is 18. The number of aryl methyl sites for hydroxylation is 6. The van der Waals surface area contributed by atoms with Gasteiger partial charge in [0.05, 0.1) is 39.3 Å². The third-order valence-electron chi connectivity index (χ3n) is 11.8. The van der Waals surface area contributed by atoms with Crippen LogP contribution in [0.3, 0.4) is 0 Å². The van der Waals surface area contributed by atoms with Crippen molar-refractivity contribution in [3.8, 4) is 46.8 Å². The summed E-state index contributed by atoms with van der Waals surface area (Å²) >= 11 is 1.95. The first kappa shape index (κ1) is 53.3. The van der Waals surface area contributed by atoms with Crippen molar-refractivity contribution in [1.29, 1.82) is 0 Å². The molecule has 1 aliphatic rings. The van der Waals surface area contributed by atoms with Gasteiger partial charge >= 0.3 is 22.8 Å². The molecule has 0 aliphatic heterocycles. The van der Waals surface area contributed by atoms with Gasteiger partial charge in [-0.2, -0.15) is 18.7 Å². The van der Waals surface area contributed by atoms with E-state index in [9.17, 15) is 19.2 Å². The number of tetrazole rings is 4. The lowest BCUT2D eigenvalue weighted by Crippen LogP contribution is -2.25. The van der Waals surface area contributed by atoms with Crippen LogP contribution in [0.4, 0.5) is 0 Å². The van der Waals surface area contributed by atoms with Gasteiger partial charge in [0, 0.05) is 83.2 Å². The molecule has 1 saturated carbocycles. The molecule has 12 aromatic heterocycles. The van der Waals surface area contributed by atoms with Crippen molar-refractivity contribution in [2.75, 3.05) is 0 Å². The van der Waals surface area contributed by atoms with Crippen molar-refractivity contribution in [3.05, 3.63) is 134 Å². The fourth-order valence-electron chi connectivity index (χ4n) is 7.24. The number of nitrogens with zero attached hydrogens (tertiary/aromatic N) is 32. The van der Waals surface area contributed by atoms with E-state index < -0.39 is 22.8 Å². The third kappa shape index (κ3) is 13.5. The Hall–Kier alpha value is -11.7. The first-order chi connectivity index (χ1) is 43.8. The van der Waals surface area contributed by atoms with Gasteiger partial charge in [-0.05, 0) is 111 Å². The zero-order chi connectivity index (χ0) is 64.5. The van der Waals surface area contributed by atoms with Crippen LogP contribution in [0.1, 0.15) is 65.0 Å². The molecule has 0 saturated heterocycles. The molecule has 0 aromatic carbocycles. The van der Waals surface area contributed by atoms with Gasteiger partial charge in [0.2, 0.25) is 23.5 Å². The average Bonchev–Trinajstić information content (AvgIpc) is 2.00. The van der Waals surface area contributed by atoms with Gasteiger partial charge in [0.25, 0.3) is 0 Å². The minimum Gasteiger partial charge on any atom is -0.472 e. The zero-order valence-electron chi connectivity index (χ0n) is 49.9. The van der Waals surface area contributed by atoms with Crippen LogP contribution in [0.15, 0.2) is 68.2 Å². The molecule has 1 fully saturated rings. The lowest BCUT2D eigenvalue weighted by molar-refractivity contribution is 0.289. The Kier molecular flexibility index (Phi) is 16.3. The maximum absolute atomic E-state index is 12.1. The van der Waals surface area contributed by atoms with E-state index in [2.05, 4.69) is 124 Å². The summed E-state index contributed by atoms with van der Waals surface area (Å²) in [5.74, 6) is 2.20. The number of aromatic nitrogens is 36. The monoisotopic (exact) mass is 1320 g/mol. The van der Waals surface area contributed by atoms with Crippen molar-refractivity contribution in [2.45, 2.75) is 65.5 Å². The molecule has 4 N–H and O–H groups in total. The molecule has 0 bridgehead atoms. The minimum atomic E-state index is -0.465. The van der Waals surface area contributed by atoms with Gasteiger partial charge in [0.15, 0.2) is 28.9 Å². The van der Waals surface area contributed by atoms with Crippen LogP contribution >= 0.6 is 22.6 Å². The molecule has 44 nitrogen and oxygen atoms in total. The summed E-state index contributed by atoms with van der Waals surface area (Å²) < 4.78 is 60.3. The van der Waals surface area contributed by atoms with Crippen LogP contribution in [-0.2, 0) is 61.0 Å². The molecule has 0 spiro atoms. The van der Waals surface area contributed by atoms with Crippen LogP contribution in [0, 0.1) is 10.6 Å². The maximum Gasteiger partial charge on any atom is 0.369 e. The SMILES string of the molecule is [3H]n1ccc(OCc2c(C)nnnc2-n2nnn(C)c2=O)n1.[3H]n1ccc(OCc2c(C3CC3)nnnc2-n2nnn(C)c2=O)n1.[3H]n1ccc(OCc2c(CC)nnnc2-n2nnn(C)c2=O)n1.[3H]n1ccc(OCc2c(I)nnnc2-n2nnn(C)c2=O)n1. The standard InChI is InChI=1S/C12H13N9O2.C11H13N9O2.C10H11N9O2.C9H8IN9O2/c1-20-12(22)21(19-18-20)11-8(6-23-9-4-5-13-14-9)10(7-2-3-7)15-17-16-11;1-3-8-7(6-22-9-4-5-12-14-9)10(15-16-13-8)20-11(21)19(2)17-18-20;1-6-7(5-21-8-3-4-11-13-8)9(14-15-12-6)19-10(20)18(2)16-17-19;1-18-9(20)19(17-16-18)8-5(7(10)13-15-14-8)4-21-6-2-3-11-12-6/h4-5,7H,2-3,6H2,1H3,(H,13,14);4-5H,3,6H2,1-2H3,(H,12,14);3-4H,5H2,1-2H3,(H,11,13);2-3H,4H2,1H3,(H,11,12)/i/hT4. The van der Waals surface area contributed by atoms with Crippen molar-refractivity contribution < 1.29 is 24.6 Å². The first-order valence-electron chi connectivity index (χ1n) is 26.8. The van der Waals surface area contributed by atoms with Gasteiger partial charge in [-0.3, -0.25) is 20.4 Å². The molecule has 12 aromatic rings. The van der Waals surface area contributed by atoms with E-state index in [4.69, 9.17) is 24.6 Å². The second-order valence-electron chi connectivity index (χ2n) is 17.5. The molecule has 45 heteroatoms. The van der Waals surface area contributed by atoms with Crippen LogP contribution < -0.4 is 41.7 Å². The van der Waals surface area contributed by atoms with Crippen molar-refractivity contribution in [2.24, 2.45) is 28.2 Å². The highest BCUT2D eigenvalue weighted by atomic mass is 127. The smallest absolute Gasteiger partial charge is 0.369 e. The molecular formula is C42H45IN36O8. The molecule has 13 rings (SSSR count). The third-order valence-corrected chi connectivity index (χ3v) is 12.7. The Morgan fingerprint density at radius 1 is 0.471 bits per heavy atom. The molecule has 87 heavy (non-hydrogen) atoms. The summed E-state index contributed by atoms with van der Waals surface area (Å²) in [6.45, 7) is 3.83. The second-order valence-corrected chi connectivity index (χ2v) is 18.5. The van der Waals surface area contributed by atoms with E-state index in [-0.39, 0.29) is 73.3 Å².